The maximum absolute atomic E-state index is 10.6. The van der Waals surface area contributed by atoms with Crippen molar-refractivity contribution in [2.45, 2.75) is 20.3 Å². The Labute approximate surface area is 92.7 Å². The lowest BCUT2D eigenvalue weighted by molar-refractivity contribution is -0.147. The number of rotatable bonds is 6. The summed E-state index contributed by atoms with van der Waals surface area (Å²) in [6, 6.07) is 0. The van der Waals surface area contributed by atoms with Crippen LogP contribution in [0, 0.1) is 5.92 Å². The Bertz CT molecular complexity index is 233. The molecule has 0 atom stereocenters. The van der Waals surface area contributed by atoms with Gasteiger partial charge in [-0.15, -0.1) is 0 Å². The molecule has 5 nitrogen and oxygen atoms in total. The maximum atomic E-state index is 10.6. The van der Waals surface area contributed by atoms with E-state index >= 15 is 0 Å². The van der Waals surface area contributed by atoms with E-state index in [9.17, 15) is 14.4 Å². The second-order valence-electron chi connectivity index (χ2n) is 3.03. The van der Waals surface area contributed by atoms with Crippen LogP contribution < -0.4 is 0 Å². The number of carbonyl (C=O) groups excluding carboxylic acids is 3. The van der Waals surface area contributed by atoms with Crippen molar-refractivity contribution in [3.8, 4) is 0 Å². The van der Waals surface area contributed by atoms with E-state index in [4.69, 9.17) is 21.1 Å². The summed E-state index contributed by atoms with van der Waals surface area (Å²) in [6.45, 7) is 2.54. The molecule has 0 bridgehead atoms. The third-order valence-corrected chi connectivity index (χ3v) is 1.65. The van der Waals surface area contributed by atoms with Gasteiger partial charge in [-0.1, -0.05) is 0 Å². The SMILES string of the molecule is CC(=O)OCC(COC(C)=O)CC(=O)Cl. The molecule has 0 aliphatic carbocycles. The second-order valence-corrected chi connectivity index (χ2v) is 3.45. The number of ether oxygens (including phenoxy) is 2. The zero-order valence-electron chi connectivity index (χ0n) is 8.62. The lowest BCUT2D eigenvalue weighted by atomic mass is 10.1. The van der Waals surface area contributed by atoms with Gasteiger partial charge in [0.25, 0.3) is 0 Å². The van der Waals surface area contributed by atoms with Gasteiger partial charge < -0.3 is 9.47 Å². The largest absolute Gasteiger partial charge is 0.465 e. The monoisotopic (exact) mass is 236 g/mol. The van der Waals surface area contributed by atoms with Crippen LogP contribution in [0.3, 0.4) is 0 Å². The molecular formula is C9H13ClO5. The molecule has 0 aliphatic heterocycles. The molecule has 0 saturated carbocycles. The predicted molar refractivity (Wildman–Crippen MR) is 52.2 cm³/mol. The standard InChI is InChI=1S/C9H13ClO5/c1-6(11)14-4-8(3-9(10)13)5-15-7(2)12/h8H,3-5H2,1-2H3. The lowest BCUT2D eigenvalue weighted by Gasteiger charge is -2.13. The summed E-state index contributed by atoms with van der Waals surface area (Å²) in [6.07, 6.45) is 0.00210. The minimum absolute atomic E-state index is 0.00210. The van der Waals surface area contributed by atoms with Crippen LogP contribution in [-0.2, 0) is 23.9 Å². The van der Waals surface area contributed by atoms with Gasteiger partial charge in [-0.2, -0.15) is 0 Å². The first-order valence-electron chi connectivity index (χ1n) is 4.37. The maximum Gasteiger partial charge on any atom is 0.302 e. The van der Waals surface area contributed by atoms with Crippen molar-refractivity contribution < 1.29 is 23.9 Å². The number of hydrogen-bond acceptors (Lipinski definition) is 5. The Morgan fingerprint density at radius 2 is 1.47 bits per heavy atom. The highest BCUT2D eigenvalue weighted by Gasteiger charge is 2.15. The molecule has 0 heterocycles. The van der Waals surface area contributed by atoms with Gasteiger partial charge in [-0.3, -0.25) is 14.4 Å². The molecule has 15 heavy (non-hydrogen) atoms. The van der Waals surface area contributed by atoms with E-state index < -0.39 is 17.2 Å². The van der Waals surface area contributed by atoms with E-state index in [-0.39, 0.29) is 25.6 Å². The quantitative estimate of drug-likeness (QED) is 0.506. The Hall–Kier alpha value is -1.10. The van der Waals surface area contributed by atoms with Crippen LogP contribution in [0.2, 0.25) is 0 Å². The molecule has 0 aromatic rings. The summed E-state index contributed by atoms with van der Waals surface area (Å²) in [4.78, 5) is 31.7. The van der Waals surface area contributed by atoms with E-state index in [0.717, 1.165) is 0 Å². The Kier molecular flexibility index (Phi) is 6.70. The van der Waals surface area contributed by atoms with Gasteiger partial charge in [0, 0.05) is 26.2 Å². The Balaban J connectivity index is 3.99. The number of hydrogen-bond donors (Lipinski definition) is 0. The Morgan fingerprint density at radius 1 is 1.07 bits per heavy atom. The smallest absolute Gasteiger partial charge is 0.302 e. The van der Waals surface area contributed by atoms with Gasteiger partial charge in [0.05, 0.1) is 13.2 Å². The van der Waals surface area contributed by atoms with Crippen LogP contribution >= 0.6 is 11.6 Å². The summed E-state index contributed by atoms with van der Waals surface area (Å²) in [5, 5.41) is -0.556. The molecule has 0 aromatic carbocycles. The molecule has 0 rings (SSSR count). The number of halogens is 1. The van der Waals surface area contributed by atoms with Crippen LogP contribution in [0.25, 0.3) is 0 Å². The van der Waals surface area contributed by atoms with Gasteiger partial charge in [-0.05, 0) is 11.6 Å². The first-order valence-corrected chi connectivity index (χ1v) is 4.74. The van der Waals surface area contributed by atoms with Crippen LogP contribution in [0.15, 0.2) is 0 Å². The first-order chi connectivity index (χ1) is 6.91. The molecule has 0 unspecified atom stereocenters. The minimum Gasteiger partial charge on any atom is -0.465 e. The zero-order chi connectivity index (χ0) is 11.8. The van der Waals surface area contributed by atoms with E-state index in [1.165, 1.54) is 13.8 Å². The van der Waals surface area contributed by atoms with Gasteiger partial charge in [0.2, 0.25) is 5.24 Å². The highest BCUT2D eigenvalue weighted by atomic mass is 35.5. The fraction of sp³-hybridized carbons (Fsp3) is 0.667. The van der Waals surface area contributed by atoms with Crippen LogP contribution in [0.4, 0.5) is 0 Å². The van der Waals surface area contributed by atoms with Crippen LogP contribution in [0.1, 0.15) is 20.3 Å². The van der Waals surface area contributed by atoms with Crippen molar-refractivity contribution in [2.75, 3.05) is 13.2 Å². The number of carbonyl (C=O) groups is 3. The minimum atomic E-state index is -0.556. The predicted octanol–water partition coefficient (Wildman–Crippen LogP) is 0.884. The van der Waals surface area contributed by atoms with E-state index in [1.54, 1.807) is 0 Å². The summed E-state index contributed by atoms with van der Waals surface area (Å²) in [5.74, 6) is -1.29. The topological polar surface area (TPSA) is 69.7 Å². The molecule has 0 aliphatic rings. The molecule has 0 amide bonds. The van der Waals surface area contributed by atoms with Crippen molar-refractivity contribution in [2.24, 2.45) is 5.92 Å². The summed E-state index contributed by atoms with van der Waals surface area (Å²) in [5.41, 5.74) is 0. The molecule has 0 saturated heterocycles. The molecule has 6 heteroatoms. The summed E-state index contributed by atoms with van der Waals surface area (Å²) < 4.78 is 9.39. The summed E-state index contributed by atoms with van der Waals surface area (Å²) >= 11 is 5.18. The Morgan fingerprint density at radius 3 is 1.73 bits per heavy atom. The van der Waals surface area contributed by atoms with Gasteiger partial charge in [-0.25, -0.2) is 0 Å². The highest BCUT2D eigenvalue weighted by Crippen LogP contribution is 2.08. The molecular weight excluding hydrogens is 224 g/mol. The van der Waals surface area contributed by atoms with E-state index in [2.05, 4.69) is 0 Å². The number of esters is 2. The molecule has 0 spiro atoms. The van der Waals surface area contributed by atoms with E-state index in [1.807, 2.05) is 0 Å². The van der Waals surface area contributed by atoms with Crippen LogP contribution in [0.5, 0.6) is 0 Å². The van der Waals surface area contributed by atoms with Crippen molar-refractivity contribution >= 4 is 28.8 Å². The average Bonchev–Trinajstić information content (AvgIpc) is 2.08. The molecule has 0 aromatic heterocycles. The second kappa shape index (κ2) is 7.23. The molecule has 0 fully saturated rings. The molecule has 0 radical (unpaired) electrons. The zero-order valence-corrected chi connectivity index (χ0v) is 9.37. The lowest BCUT2D eigenvalue weighted by Crippen LogP contribution is -2.21. The van der Waals surface area contributed by atoms with Gasteiger partial charge in [0.15, 0.2) is 0 Å². The van der Waals surface area contributed by atoms with Crippen molar-refractivity contribution in [3.05, 3.63) is 0 Å². The fourth-order valence-electron chi connectivity index (χ4n) is 0.863. The first kappa shape index (κ1) is 13.9. The normalized spacial score (nSPS) is 9.87. The van der Waals surface area contributed by atoms with Crippen molar-refractivity contribution in [3.63, 3.8) is 0 Å². The van der Waals surface area contributed by atoms with Crippen molar-refractivity contribution in [1.82, 2.24) is 0 Å². The highest BCUT2D eigenvalue weighted by molar-refractivity contribution is 6.63. The average molecular weight is 237 g/mol. The van der Waals surface area contributed by atoms with Crippen LogP contribution in [-0.4, -0.2) is 30.4 Å². The van der Waals surface area contributed by atoms with E-state index in [0.29, 0.717) is 0 Å². The van der Waals surface area contributed by atoms with Crippen molar-refractivity contribution in [1.29, 1.82) is 0 Å². The third-order valence-electron chi connectivity index (χ3n) is 1.49. The van der Waals surface area contributed by atoms with Gasteiger partial charge in [0.1, 0.15) is 0 Å². The molecule has 86 valence electrons. The molecule has 0 N–H and O–H groups in total. The summed E-state index contributed by atoms with van der Waals surface area (Å²) in [7, 11) is 0. The van der Waals surface area contributed by atoms with Gasteiger partial charge >= 0.3 is 11.9 Å². The fourth-order valence-corrected chi connectivity index (χ4v) is 1.08. The third kappa shape index (κ3) is 9.21.